The molecular weight excluding hydrogens is 236 g/mol. The Kier molecular flexibility index (Phi) is 5.90. The fourth-order valence-corrected chi connectivity index (χ4v) is 3.25. The van der Waals surface area contributed by atoms with Crippen LogP contribution >= 0.6 is 0 Å². The van der Waals surface area contributed by atoms with Crippen LogP contribution in [-0.2, 0) is 13.0 Å². The Balaban J connectivity index is 1.82. The highest BCUT2D eigenvalue weighted by molar-refractivity contribution is 4.94. The van der Waals surface area contributed by atoms with Gasteiger partial charge >= 0.3 is 0 Å². The predicted molar refractivity (Wildman–Crippen MR) is 78.0 cm³/mol. The van der Waals surface area contributed by atoms with Gasteiger partial charge in [0, 0.05) is 25.4 Å². The molecule has 108 valence electrons. The van der Waals surface area contributed by atoms with Gasteiger partial charge in [0.1, 0.15) is 5.82 Å². The standard InChI is InChI=1S/C16H28N2O/c1-2-10-18-11-9-17-16(18)13-15(19)12-14-7-5-3-4-6-8-14/h9,11,14-15,19H,2-8,10,12-13H2,1H3. The summed E-state index contributed by atoms with van der Waals surface area (Å²) >= 11 is 0. The monoisotopic (exact) mass is 264 g/mol. The number of aliphatic hydroxyl groups is 1. The Morgan fingerprint density at radius 1 is 1.32 bits per heavy atom. The first-order valence-electron chi connectivity index (χ1n) is 7.97. The molecule has 19 heavy (non-hydrogen) atoms. The van der Waals surface area contributed by atoms with E-state index < -0.39 is 0 Å². The molecule has 1 aliphatic rings. The summed E-state index contributed by atoms with van der Waals surface area (Å²) in [6.45, 7) is 3.18. The number of imidazole rings is 1. The fraction of sp³-hybridized carbons (Fsp3) is 0.812. The summed E-state index contributed by atoms with van der Waals surface area (Å²) in [6, 6.07) is 0. The quantitative estimate of drug-likeness (QED) is 0.798. The second kappa shape index (κ2) is 7.68. The molecule has 0 aliphatic heterocycles. The smallest absolute Gasteiger partial charge is 0.111 e. The number of rotatable bonds is 6. The molecule has 0 spiro atoms. The third-order valence-corrected chi connectivity index (χ3v) is 4.26. The second-order valence-electron chi connectivity index (χ2n) is 5.99. The largest absolute Gasteiger partial charge is 0.393 e. The molecule has 0 saturated heterocycles. The normalized spacial score (nSPS) is 19.3. The van der Waals surface area contributed by atoms with Gasteiger partial charge in [-0.05, 0) is 18.8 Å². The first kappa shape index (κ1) is 14.6. The van der Waals surface area contributed by atoms with Crippen molar-refractivity contribution in [2.45, 2.75) is 77.4 Å². The van der Waals surface area contributed by atoms with Crippen LogP contribution < -0.4 is 0 Å². The molecule has 1 aromatic heterocycles. The lowest BCUT2D eigenvalue weighted by molar-refractivity contribution is 0.134. The molecule has 2 rings (SSSR count). The van der Waals surface area contributed by atoms with E-state index in [-0.39, 0.29) is 6.10 Å². The van der Waals surface area contributed by atoms with Gasteiger partial charge in [0.2, 0.25) is 0 Å². The van der Waals surface area contributed by atoms with E-state index in [4.69, 9.17) is 0 Å². The minimum Gasteiger partial charge on any atom is -0.393 e. The summed E-state index contributed by atoms with van der Waals surface area (Å²) in [7, 11) is 0. The summed E-state index contributed by atoms with van der Waals surface area (Å²) in [6.07, 6.45) is 14.5. The third-order valence-electron chi connectivity index (χ3n) is 4.26. The number of aliphatic hydroxyl groups excluding tert-OH is 1. The van der Waals surface area contributed by atoms with E-state index in [9.17, 15) is 5.11 Å². The average Bonchev–Trinajstić information content (AvgIpc) is 2.65. The molecule has 1 N–H and O–H groups in total. The Hall–Kier alpha value is -0.830. The van der Waals surface area contributed by atoms with Crippen molar-refractivity contribution in [3.8, 4) is 0 Å². The SMILES string of the molecule is CCCn1ccnc1CC(O)CC1CCCCCC1. The van der Waals surface area contributed by atoms with Crippen LogP contribution in [0.3, 0.4) is 0 Å². The highest BCUT2D eigenvalue weighted by Gasteiger charge is 2.18. The Morgan fingerprint density at radius 3 is 2.74 bits per heavy atom. The number of hydrogen-bond acceptors (Lipinski definition) is 2. The van der Waals surface area contributed by atoms with E-state index in [1.807, 2.05) is 12.4 Å². The highest BCUT2D eigenvalue weighted by atomic mass is 16.3. The van der Waals surface area contributed by atoms with Crippen molar-refractivity contribution in [3.05, 3.63) is 18.2 Å². The van der Waals surface area contributed by atoms with Crippen LogP contribution in [0.1, 0.15) is 64.1 Å². The molecule has 1 aromatic rings. The van der Waals surface area contributed by atoms with Gasteiger partial charge in [-0.2, -0.15) is 0 Å². The molecule has 0 radical (unpaired) electrons. The van der Waals surface area contributed by atoms with Crippen LogP contribution in [0.4, 0.5) is 0 Å². The van der Waals surface area contributed by atoms with Crippen LogP contribution in [0, 0.1) is 5.92 Å². The number of aryl methyl sites for hydroxylation is 1. The van der Waals surface area contributed by atoms with Crippen molar-refractivity contribution in [2.75, 3.05) is 0 Å². The maximum absolute atomic E-state index is 10.3. The molecule has 0 amide bonds. The van der Waals surface area contributed by atoms with Gasteiger partial charge in [-0.15, -0.1) is 0 Å². The van der Waals surface area contributed by atoms with E-state index in [1.165, 1.54) is 38.5 Å². The topological polar surface area (TPSA) is 38.0 Å². The summed E-state index contributed by atoms with van der Waals surface area (Å²) in [5, 5.41) is 10.3. The molecule has 1 unspecified atom stereocenters. The maximum Gasteiger partial charge on any atom is 0.111 e. The van der Waals surface area contributed by atoms with E-state index in [2.05, 4.69) is 16.5 Å². The fourth-order valence-electron chi connectivity index (χ4n) is 3.25. The Bertz CT molecular complexity index is 353. The van der Waals surface area contributed by atoms with Crippen LogP contribution in [0.5, 0.6) is 0 Å². The molecule has 1 heterocycles. The number of nitrogens with zero attached hydrogens (tertiary/aromatic N) is 2. The minimum absolute atomic E-state index is 0.221. The van der Waals surface area contributed by atoms with E-state index in [0.29, 0.717) is 6.42 Å². The summed E-state index contributed by atoms with van der Waals surface area (Å²) in [5.74, 6) is 1.77. The summed E-state index contributed by atoms with van der Waals surface area (Å²) in [4.78, 5) is 4.39. The lowest BCUT2D eigenvalue weighted by atomic mass is 9.92. The molecule has 1 saturated carbocycles. The van der Waals surface area contributed by atoms with E-state index in [0.717, 1.165) is 31.1 Å². The molecule has 0 aromatic carbocycles. The molecule has 0 bridgehead atoms. The van der Waals surface area contributed by atoms with Gasteiger partial charge in [-0.1, -0.05) is 45.4 Å². The van der Waals surface area contributed by atoms with E-state index in [1.54, 1.807) is 0 Å². The molecule has 3 heteroatoms. The zero-order valence-electron chi connectivity index (χ0n) is 12.2. The molecule has 1 atom stereocenters. The summed E-state index contributed by atoms with van der Waals surface area (Å²) < 4.78 is 2.18. The lowest BCUT2D eigenvalue weighted by Gasteiger charge is -2.18. The third kappa shape index (κ3) is 4.64. The van der Waals surface area contributed by atoms with Crippen molar-refractivity contribution in [3.63, 3.8) is 0 Å². The van der Waals surface area contributed by atoms with E-state index >= 15 is 0 Å². The predicted octanol–water partition coefficient (Wildman–Crippen LogP) is 3.56. The van der Waals surface area contributed by atoms with Gasteiger partial charge in [0.25, 0.3) is 0 Å². The minimum atomic E-state index is -0.221. The van der Waals surface area contributed by atoms with Crippen LogP contribution in [0.25, 0.3) is 0 Å². The summed E-state index contributed by atoms with van der Waals surface area (Å²) in [5.41, 5.74) is 0. The number of hydrogen-bond donors (Lipinski definition) is 1. The second-order valence-corrected chi connectivity index (χ2v) is 5.99. The molecule has 3 nitrogen and oxygen atoms in total. The number of aromatic nitrogens is 2. The average molecular weight is 264 g/mol. The molecule has 1 aliphatic carbocycles. The first-order valence-corrected chi connectivity index (χ1v) is 7.97. The van der Waals surface area contributed by atoms with Gasteiger partial charge in [-0.3, -0.25) is 0 Å². The van der Waals surface area contributed by atoms with Crippen molar-refractivity contribution < 1.29 is 5.11 Å². The van der Waals surface area contributed by atoms with Crippen LogP contribution in [0.2, 0.25) is 0 Å². The molecule has 1 fully saturated rings. The highest BCUT2D eigenvalue weighted by Crippen LogP contribution is 2.27. The van der Waals surface area contributed by atoms with Crippen molar-refractivity contribution in [1.29, 1.82) is 0 Å². The van der Waals surface area contributed by atoms with Gasteiger partial charge in [0.15, 0.2) is 0 Å². The zero-order chi connectivity index (χ0) is 13.5. The lowest BCUT2D eigenvalue weighted by Crippen LogP contribution is -2.18. The zero-order valence-corrected chi connectivity index (χ0v) is 12.2. The van der Waals surface area contributed by atoms with Crippen LogP contribution in [-0.4, -0.2) is 20.8 Å². The van der Waals surface area contributed by atoms with Crippen LogP contribution in [0.15, 0.2) is 12.4 Å². The van der Waals surface area contributed by atoms with Gasteiger partial charge in [0.05, 0.1) is 6.10 Å². The van der Waals surface area contributed by atoms with Crippen molar-refractivity contribution in [2.24, 2.45) is 5.92 Å². The van der Waals surface area contributed by atoms with Crippen molar-refractivity contribution in [1.82, 2.24) is 9.55 Å². The Morgan fingerprint density at radius 2 is 2.05 bits per heavy atom. The molecular formula is C16H28N2O. The maximum atomic E-state index is 10.3. The first-order chi connectivity index (χ1) is 9.29. The Labute approximate surface area is 117 Å². The van der Waals surface area contributed by atoms with Gasteiger partial charge < -0.3 is 9.67 Å². The van der Waals surface area contributed by atoms with Crippen molar-refractivity contribution >= 4 is 0 Å². The van der Waals surface area contributed by atoms with Gasteiger partial charge in [-0.25, -0.2) is 4.98 Å².